The smallest absolute Gasteiger partial charge is 0.261 e. The van der Waals surface area contributed by atoms with E-state index in [9.17, 15) is 4.79 Å². The number of ether oxygens (including phenoxy) is 1. The molecule has 3 aromatic heterocycles. The molecule has 2 aliphatic rings. The first kappa shape index (κ1) is 23.6. The Kier molecular flexibility index (Phi) is 6.45. The average Bonchev–Trinajstić information content (AvgIpc) is 3.52. The summed E-state index contributed by atoms with van der Waals surface area (Å²) in [4.78, 5) is 26.9. The number of hydrogen-bond acceptors (Lipinski definition) is 7. The van der Waals surface area contributed by atoms with E-state index in [4.69, 9.17) is 9.72 Å². The van der Waals surface area contributed by atoms with Crippen LogP contribution in [0.1, 0.15) is 53.7 Å². The van der Waals surface area contributed by atoms with E-state index < -0.39 is 0 Å². The Balaban J connectivity index is 1.44. The molecule has 0 saturated carbocycles. The fourth-order valence-corrected chi connectivity index (χ4v) is 4.72. The van der Waals surface area contributed by atoms with E-state index in [1.807, 2.05) is 37.7 Å². The van der Waals surface area contributed by atoms with Gasteiger partial charge in [-0.3, -0.25) is 4.79 Å². The van der Waals surface area contributed by atoms with Crippen molar-refractivity contribution in [1.29, 1.82) is 0 Å². The summed E-state index contributed by atoms with van der Waals surface area (Å²) in [6, 6.07) is 4.43. The summed E-state index contributed by atoms with van der Waals surface area (Å²) >= 11 is 0. The Bertz CT molecular complexity index is 1360. The first-order chi connectivity index (χ1) is 17.5. The van der Waals surface area contributed by atoms with Crippen molar-refractivity contribution < 1.29 is 9.53 Å². The zero-order chi connectivity index (χ0) is 25.2. The molecule has 2 aliphatic heterocycles. The van der Waals surface area contributed by atoms with Crippen LogP contribution in [0.2, 0.25) is 0 Å². The molecule has 2 atom stereocenters. The highest BCUT2D eigenvalue weighted by molar-refractivity contribution is 6.00. The van der Waals surface area contributed by atoms with Crippen molar-refractivity contribution >= 4 is 23.4 Å². The molecule has 1 saturated heterocycles. The second-order valence-corrected chi connectivity index (χ2v) is 9.21. The third kappa shape index (κ3) is 4.44. The van der Waals surface area contributed by atoms with Crippen molar-refractivity contribution in [2.75, 3.05) is 25.6 Å². The molecule has 3 aromatic rings. The zero-order valence-electron chi connectivity index (χ0n) is 20.9. The third-order valence-corrected chi connectivity index (χ3v) is 6.96. The van der Waals surface area contributed by atoms with E-state index in [2.05, 4.69) is 44.8 Å². The molecule has 1 fully saturated rings. The number of aromatic nitrogens is 4. The molecule has 36 heavy (non-hydrogen) atoms. The SMILES string of the molecule is C=Cc1cnc(OC)c(C2CCCN2c2ccn3ncc(C(=O)NC4=CCC(C)N(C)C=C4)c3n2)c1. The molecule has 9 nitrogen and oxygen atoms in total. The topological polar surface area (TPSA) is 87.9 Å². The van der Waals surface area contributed by atoms with Crippen LogP contribution >= 0.6 is 0 Å². The van der Waals surface area contributed by atoms with E-state index in [1.165, 1.54) is 0 Å². The van der Waals surface area contributed by atoms with Crippen molar-refractivity contribution in [2.24, 2.45) is 0 Å². The summed E-state index contributed by atoms with van der Waals surface area (Å²) in [5, 5.41) is 7.37. The number of anilines is 1. The predicted molar refractivity (Wildman–Crippen MR) is 140 cm³/mol. The Labute approximate surface area is 210 Å². The molecule has 0 bridgehead atoms. The number of rotatable bonds is 6. The third-order valence-electron chi connectivity index (χ3n) is 6.96. The minimum Gasteiger partial charge on any atom is -0.481 e. The molecule has 0 spiro atoms. The van der Waals surface area contributed by atoms with Gasteiger partial charge in [-0.15, -0.1) is 0 Å². The zero-order valence-corrected chi connectivity index (χ0v) is 20.9. The lowest BCUT2D eigenvalue weighted by Gasteiger charge is -2.27. The number of carbonyl (C=O) groups is 1. The van der Waals surface area contributed by atoms with Crippen molar-refractivity contribution in [1.82, 2.24) is 29.8 Å². The van der Waals surface area contributed by atoms with Crippen LogP contribution in [-0.2, 0) is 0 Å². The predicted octanol–water partition coefficient (Wildman–Crippen LogP) is 3.97. The molecule has 1 N–H and O–H groups in total. The van der Waals surface area contributed by atoms with Gasteiger partial charge in [0, 0.05) is 49.5 Å². The van der Waals surface area contributed by atoms with E-state index in [1.54, 1.807) is 30.1 Å². The second-order valence-electron chi connectivity index (χ2n) is 9.21. The number of nitrogens with one attached hydrogen (secondary N) is 1. The minimum absolute atomic E-state index is 0.0581. The van der Waals surface area contributed by atoms with Gasteiger partial charge in [-0.2, -0.15) is 5.10 Å². The Morgan fingerprint density at radius 1 is 1.33 bits per heavy atom. The lowest BCUT2D eigenvalue weighted by atomic mass is 10.0. The number of carbonyl (C=O) groups excluding carboxylic acids is 1. The maximum absolute atomic E-state index is 13.2. The monoisotopic (exact) mass is 485 g/mol. The Morgan fingerprint density at radius 2 is 2.19 bits per heavy atom. The molecule has 5 rings (SSSR count). The number of hydrogen-bond donors (Lipinski definition) is 1. The highest BCUT2D eigenvalue weighted by atomic mass is 16.5. The first-order valence-electron chi connectivity index (χ1n) is 12.2. The molecule has 0 radical (unpaired) electrons. The standard InChI is InChI=1S/C27H31N7O2/c1-5-19-15-21(27(36-4)28-16-19)23-7-6-12-33(23)24-11-14-34-25(31-24)22(17-29-34)26(35)30-20-9-8-18(2)32(3)13-10-20/h5,9-11,13-18,23H,1,6-8,12H2,2-4H3,(H,30,35). The molecule has 5 heterocycles. The van der Waals surface area contributed by atoms with Crippen LogP contribution in [0.15, 0.2) is 61.4 Å². The van der Waals surface area contributed by atoms with E-state index in [0.29, 0.717) is 23.1 Å². The number of methoxy groups -OCH3 is 1. The van der Waals surface area contributed by atoms with Gasteiger partial charge in [0.05, 0.1) is 19.3 Å². The van der Waals surface area contributed by atoms with Gasteiger partial charge in [0.2, 0.25) is 5.88 Å². The van der Waals surface area contributed by atoms with Gasteiger partial charge < -0.3 is 19.9 Å². The highest BCUT2D eigenvalue weighted by Gasteiger charge is 2.31. The molecule has 9 heteroatoms. The van der Waals surface area contributed by atoms with Crippen LogP contribution in [0, 0.1) is 0 Å². The maximum atomic E-state index is 13.2. The van der Waals surface area contributed by atoms with Crippen LogP contribution < -0.4 is 15.0 Å². The summed E-state index contributed by atoms with van der Waals surface area (Å²) in [6.45, 7) is 6.86. The summed E-state index contributed by atoms with van der Waals surface area (Å²) in [6.07, 6.45) is 15.7. The number of pyridine rings is 1. The lowest BCUT2D eigenvalue weighted by Crippen LogP contribution is -2.25. The lowest BCUT2D eigenvalue weighted by molar-refractivity contribution is 0.0968. The molecular weight excluding hydrogens is 454 g/mol. The fourth-order valence-electron chi connectivity index (χ4n) is 4.72. The number of fused-ring (bicyclic) bond motifs is 1. The van der Waals surface area contributed by atoms with E-state index >= 15 is 0 Å². The number of allylic oxidation sites excluding steroid dienone is 1. The normalized spacial score (nSPS) is 19.8. The summed E-state index contributed by atoms with van der Waals surface area (Å²) < 4.78 is 7.21. The van der Waals surface area contributed by atoms with Gasteiger partial charge in [0.1, 0.15) is 11.4 Å². The Hall–Kier alpha value is -4.14. The molecule has 1 amide bonds. The van der Waals surface area contributed by atoms with E-state index in [0.717, 1.165) is 48.4 Å². The van der Waals surface area contributed by atoms with Crippen LogP contribution in [0.25, 0.3) is 11.7 Å². The van der Waals surface area contributed by atoms with Gasteiger partial charge in [-0.25, -0.2) is 14.5 Å². The number of amides is 1. The van der Waals surface area contributed by atoms with Gasteiger partial charge in [0.15, 0.2) is 5.65 Å². The van der Waals surface area contributed by atoms with Crippen LogP contribution in [0.3, 0.4) is 0 Å². The largest absolute Gasteiger partial charge is 0.481 e. The molecule has 0 aliphatic carbocycles. The van der Waals surface area contributed by atoms with Crippen molar-refractivity contribution in [2.45, 2.75) is 38.3 Å². The van der Waals surface area contributed by atoms with Crippen molar-refractivity contribution in [3.63, 3.8) is 0 Å². The van der Waals surface area contributed by atoms with Crippen LogP contribution in [0.4, 0.5) is 5.82 Å². The number of nitrogens with zero attached hydrogens (tertiary/aromatic N) is 6. The van der Waals surface area contributed by atoms with E-state index in [-0.39, 0.29) is 11.9 Å². The Morgan fingerprint density at radius 3 is 3.00 bits per heavy atom. The van der Waals surface area contributed by atoms with Crippen LogP contribution in [0.5, 0.6) is 5.88 Å². The van der Waals surface area contributed by atoms with Crippen LogP contribution in [-0.4, -0.2) is 57.1 Å². The quantitative estimate of drug-likeness (QED) is 0.565. The average molecular weight is 486 g/mol. The highest BCUT2D eigenvalue weighted by Crippen LogP contribution is 2.39. The van der Waals surface area contributed by atoms with Gasteiger partial charge in [-0.05, 0) is 50.0 Å². The first-order valence-corrected chi connectivity index (χ1v) is 12.2. The summed E-state index contributed by atoms with van der Waals surface area (Å²) in [5.74, 6) is 1.16. The summed E-state index contributed by atoms with van der Waals surface area (Å²) in [7, 11) is 3.67. The maximum Gasteiger partial charge on any atom is 0.261 e. The molecular formula is C27H31N7O2. The molecule has 0 aromatic carbocycles. The fraction of sp³-hybridized carbons (Fsp3) is 0.333. The molecule has 2 unspecified atom stereocenters. The summed E-state index contributed by atoms with van der Waals surface area (Å²) in [5.41, 5.74) is 3.67. The molecule has 186 valence electrons. The van der Waals surface area contributed by atoms with Gasteiger partial charge >= 0.3 is 0 Å². The van der Waals surface area contributed by atoms with Gasteiger partial charge in [0.25, 0.3) is 5.91 Å². The van der Waals surface area contributed by atoms with Gasteiger partial charge in [-0.1, -0.05) is 18.7 Å². The minimum atomic E-state index is -0.231. The van der Waals surface area contributed by atoms with Crippen molar-refractivity contribution in [3.8, 4) is 5.88 Å². The van der Waals surface area contributed by atoms with Crippen molar-refractivity contribution in [3.05, 3.63) is 78.0 Å². The second kappa shape index (κ2) is 9.85.